The van der Waals surface area contributed by atoms with Crippen molar-refractivity contribution < 1.29 is 13.2 Å². The molecule has 0 atom stereocenters. The molecule has 4 nitrogen and oxygen atoms in total. The van der Waals surface area contributed by atoms with E-state index in [0.717, 1.165) is 16.6 Å². The minimum absolute atomic E-state index is 0.0582. The largest absolute Gasteiger partial charge is 0.416 e. The van der Waals surface area contributed by atoms with E-state index in [2.05, 4.69) is 30.9 Å². The Morgan fingerprint density at radius 3 is 2.52 bits per heavy atom. The van der Waals surface area contributed by atoms with Gasteiger partial charge in [0.25, 0.3) is 0 Å². The lowest BCUT2D eigenvalue weighted by molar-refractivity contribution is -0.137. The van der Waals surface area contributed by atoms with Crippen molar-refractivity contribution in [2.45, 2.75) is 12.6 Å². The number of H-pyrrole nitrogens is 1. The van der Waals surface area contributed by atoms with Crippen LogP contribution < -0.4 is 5.69 Å². The molecule has 3 rings (SSSR count). The summed E-state index contributed by atoms with van der Waals surface area (Å²) in [5.41, 5.74) is -0.323. The number of aromatic nitrogens is 3. The number of alkyl halides is 3. The van der Waals surface area contributed by atoms with Crippen molar-refractivity contribution in [1.29, 1.82) is 0 Å². The Kier molecular flexibility index (Phi) is 4.71. The number of aromatic amines is 1. The van der Waals surface area contributed by atoms with Crippen LogP contribution in [0.25, 0.3) is 11.4 Å². The van der Waals surface area contributed by atoms with Crippen LogP contribution >= 0.6 is 15.9 Å². The average Bonchev–Trinajstić information content (AvgIpc) is 2.54. The number of nitrogens with one attached hydrogen (secondary N) is 1. The fraction of sp³-hybridized carbons (Fsp3) is 0.118. The lowest BCUT2D eigenvalue weighted by Gasteiger charge is -2.09. The normalized spacial score (nSPS) is 11.5. The summed E-state index contributed by atoms with van der Waals surface area (Å²) in [7, 11) is 0. The summed E-state index contributed by atoms with van der Waals surface area (Å²) in [6.45, 7) is 0. The van der Waals surface area contributed by atoms with Crippen LogP contribution in [0.2, 0.25) is 0 Å². The summed E-state index contributed by atoms with van der Waals surface area (Å²) in [6, 6.07) is 12.0. The van der Waals surface area contributed by atoms with E-state index < -0.39 is 17.4 Å². The minimum atomic E-state index is -4.42. The van der Waals surface area contributed by atoms with Crippen LogP contribution in [0.5, 0.6) is 0 Å². The van der Waals surface area contributed by atoms with Crippen LogP contribution in [0.3, 0.4) is 0 Å². The van der Waals surface area contributed by atoms with Crippen molar-refractivity contribution in [3.63, 3.8) is 0 Å². The van der Waals surface area contributed by atoms with E-state index in [-0.39, 0.29) is 18.1 Å². The van der Waals surface area contributed by atoms with Gasteiger partial charge in [-0.1, -0.05) is 46.3 Å². The van der Waals surface area contributed by atoms with Gasteiger partial charge in [0.15, 0.2) is 5.82 Å². The molecule has 0 amide bonds. The molecule has 3 aromatic rings. The smallest absolute Gasteiger partial charge is 0.294 e. The fourth-order valence-electron chi connectivity index (χ4n) is 2.32. The van der Waals surface area contributed by atoms with Crippen molar-refractivity contribution in [3.8, 4) is 11.4 Å². The third-order valence-corrected chi connectivity index (χ3v) is 3.90. The van der Waals surface area contributed by atoms with Gasteiger partial charge in [-0.15, -0.1) is 0 Å². The second-order valence-corrected chi connectivity index (χ2v) is 6.22. The summed E-state index contributed by atoms with van der Waals surface area (Å²) >= 11 is 3.33. The van der Waals surface area contributed by atoms with E-state index in [0.29, 0.717) is 11.1 Å². The maximum atomic E-state index is 12.8. The van der Waals surface area contributed by atoms with Crippen LogP contribution in [-0.2, 0) is 12.6 Å². The third kappa shape index (κ3) is 4.33. The number of rotatable bonds is 3. The average molecular weight is 410 g/mol. The molecule has 0 fully saturated rings. The third-order valence-electron chi connectivity index (χ3n) is 3.41. The standard InChI is InChI=1S/C17H11BrF3N3O/c18-13-6-2-4-11(9-13)15-22-14(23-16(25)24-15)8-10-3-1-5-12(7-10)17(19,20)21/h1-7,9H,8H2,(H,22,23,24,25). The predicted molar refractivity (Wildman–Crippen MR) is 90.0 cm³/mol. The van der Waals surface area contributed by atoms with Gasteiger partial charge in [-0.05, 0) is 23.8 Å². The van der Waals surface area contributed by atoms with E-state index in [4.69, 9.17) is 0 Å². The Morgan fingerprint density at radius 2 is 1.80 bits per heavy atom. The van der Waals surface area contributed by atoms with Crippen molar-refractivity contribution in [2.75, 3.05) is 0 Å². The second kappa shape index (κ2) is 6.79. The van der Waals surface area contributed by atoms with Crippen LogP contribution in [0.4, 0.5) is 13.2 Å². The molecule has 25 heavy (non-hydrogen) atoms. The molecule has 0 saturated carbocycles. The molecule has 1 N–H and O–H groups in total. The van der Waals surface area contributed by atoms with E-state index in [9.17, 15) is 18.0 Å². The number of nitrogens with zero attached hydrogens (tertiary/aromatic N) is 2. The number of hydrogen-bond acceptors (Lipinski definition) is 3. The fourth-order valence-corrected chi connectivity index (χ4v) is 2.72. The molecular formula is C17H11BrF3N3O. The quantitative estimate of drug-likeness (QED) is 0.704. The Hall–Kier alpha value is -2.48. The summed E-state index contributed by atoms with van der Waals surface area (Å²) in [5, 5.41) is 0. The molecule has 128 valence electrons. The molecular weight excluding hydrogens is 399 g/mol. The Labute approximate surface area is 148 Å². The summed E-state index contributed by atoms with van der Waals surface area (Å²) in [4.78, 5) is 22.3. The molecule has 2 aromatic carbocycles. The Bertz CT molecular complexity index is 970. The van der Waals surface area contributed by atoms with Crippen LogP contribution in [0.15, 0.2) is 57.8 Å². The molecule has 1 heterocycles. The van der Waals surface area contributed by atoms with Crippen LogP contribution in [0.1, 0.15) is 17.0 Å². The molecule has 1 aromatic heterocycles. The SMILES string of the molecule is O=c1nc(-c2cccc(Br)c2)nc(Cc2cccc(C(F)(F)F)c2)[nH]1. The Morgan fingerprint density at radius 1 is 1.04 bits per heavy atom. The van der Waals surface area contributed by atoms with Crippen molar-refractivity contribution >= 4 is 15.9 Å². The molecule has 0 saturated heterocycles. The van der Waals surface area contributed by atoms with Gasteiger partial charge in [0.1, 0.15) is 5.82 Å². The molecule has 0 aliphatic heterocycles. The molecule has 8 heteroatoms. The first-order valence-electron chi connectivity index (χ1n) is 7.20. The van der Waals surface area contributed by atoms with E-state index in [1.165, 1.54) is 6.07 Å². The minimum Gasteiger partial charge on any atom is -0.294 e. The maximum Gasteiger partial charge on any atom is 0.416 e. The zero-order chi connectivity index (χ0) is 18.0. The van der Waals surface area contributed by atoms with Gasteiger partial charge < -0.3 is 0 Å². The number of halogens is 4. The topological polar surface area (TPSA) is 58.6 Å². The molecule has 0 unspecified atom stereocenters. The zero-order valence-corrected chi connectivity index (χ0v) is 14.2. The highest BCUT2D eigenvalue weighted by atomic mass is 79.9. The van der Waals surface area contributed by atoms with Crippen LogP contribution in [0, 0.1) is 0 Å². The van der Waals surface area contributed by atoms with Crippen LogP contribution in [-0.4, -0.2) is 15.0 Å². The van der Waals surface area contributed by atoms with Gasteiger partial charge in [0.05, 0.1) is 5.56 Å². The van der Waals surface area contributed by atoms with Gasteiger partial charge in [-0.2, -0.15) is 18.2 Å². The first kappa shape index (κ1) is 17.3. The van der Waals surface area contributed by atoms with E-state index in [1.807, 2.05) is 6.07 Å². The van der Waals surface area contributed by atoms with Crippen molar-refractivity contribution in [1.82, 2.24) is 15.0 Å². The summed E-state index contributed by atoms with van der Waals surface area (Å²) < 4.78 is 39.2. The monoisotopic (exact) mass is 409 g/mol. The predicted octanol–water partition coefficient (Wildman–Crippen LogP) is 4.20. The molecule has 0 spiro atoms. The van der Waals surface area contributed by atoms with Gasteiger partial charge in [-0.25, -0.2) is 9.78 Å². The summed E-state index contributed by atoms with van der Waals surface area (Å²) in [5.74, 6) is 0.460. The van der Waals surface area contributed by atoms with Gasteiger partial charge in [0.2, 0.25) is 0 Å². The second-order valence-electron chi connectivity index (χ2n) is 5.31. The molecule has 0 aliphatic rings. The first-order valence-corrected chi connectivity index (χ1v) is 8.00. The highest BCUT2D eigenvalue weighted by molar-refractivity contribution is 9.10. The first-order chi connectivity index (χ1) is 11.8. The number of benzene rings is 2. The Balaban J connectivity index is 1.95. The zero-order valence-electron chi connectivity index (χ0n) is 12.6. The van der Waals surface area contributed by atoms with Crippen molar-refractivity contribution in [3.05, 3.63) is 80.4 Å². The van der Waals surface area contributed by atoms with Gasteiger partial charge in [-0.3, -0.25) is 4.98 Å². The summed E-state index contributed by atoms with van der Waals surface area (Å²) in [6.07, 6.45) is -4.36. The van der Waals surface area contributed by atoms with Gasteiger partial charge in [0, 0.05) is 16.5 Å². The highest BCUT2D eigenvalue weighted by Crippen LogP contribution is 2.29. The lowest BCUT2D eigenvalue weighted by Crippen LogP contribution is -2.16. The highest BCUT2D eigenvalue weighted by Gasteiger charge is 2.30. The van der Waals surface area contributed by atoms with E-state index >= 15 is 0 Å². The molecule has 0 bridgehead atoms. The lowest BCUT2D eigenvalue weighted by atomic mass is 10.1. The number of hydrogen-bond donors (Lipinski definition) is 1. The van der Waals surface area contributed by atoms with E-state index in [1.54, 1.807) is 24.3 Å². The maximum absolute atomic E-state index is 12.8. The molecule has 0 aliphatic carbocycles. The molecule has 0 radical (unpaired) electrons. The van der Waals surface area contributed by atoms with Crippen molar-refractivity contribution in [2.24, 2.45) is 0 Å². The van der Waals surface area contributed by atoms with Gasteiger partial charge >= 0.3 is 11.9 Å².